The molecule has 5 nitrogen and oxygen atoms in total. The van der Waals surface area contributed by atoms with Gasteiger partial charge in [0, 0.05) is 44.5 Å². The van der Waals surface area contributed by atoms with E-state index in [1.807, 2.05) is 6.08 Å². The van der Waals surface area contributed by atoms with E-state index >= 15 is 0 Å². The molecule has 2 aromatic rings. The van der Waals surface area contributed by atoms with E-state index in [2.05, 4.69) is 51.7 Å². The molecule has 1 aliphatic carbocycles. The lowest BCUT2D eigenvalue weighted by Crippen LogP contribution is -2.39. The summed E-state index contributed by atoms with van der Waals surface area (Å²) >= 11 is 6.46. The molecule has 0 saturated carbocycles. The number of ether oxygens (including phenoxy) is 1. The van der Waals surface area contributed by atoms with Crippen LogP contribution in [0.15, 0.2) is 53.0 Å². The first-order chi connectivity index (χ1) is 16.1. The van der Waals surface area contributed by atoms with Gasteiger partial charge in [-0.3, -0.25) is 4.90 Å². The van der Waals surface area contributed by atoms with Crippen molar-refractivity contribution in [3.63, 3.8) is 0 Å². The van der Waals surface area contributed by atoms with Gasteiger partial charge in [-0.2, -0.15) is 0 Å². The zero-order valence-corrected chi connectivity index (χ0v) is 20.7. The van der Waals surface area contributed by atoms with E-state index in [0.29, 0.717) is 0 Å². The van der Waals surface area contributed by atoms with Crippen LogP contribution in [-0.2, 0) is 4.74 Å². The minimum atomic E-state index is 0.196. The molecule has 1 unspecified atom stereocenters. The molecule has 5 rings (SSSR count). The van der Waals surface area contributed by atoms with E-state index in [-0.39, 0.29) is 5.92 Å². The van der Waals surface area contributed by atoms with E-state index in [9.17, 15) is 0 Å². The first-order valence-corrected chi connectivity index (χ1v) is 12.7. The number of fused-ring (bicyclic) bond motifs is 1. The molecule has 0 bridgehead atoms. The fraction of sp³-hybridized carbons (Fsp3) is 0.519. The van der Waals surface area contributed by atoms with E-state index < -0.39 is 0 Å². The Hall–Kier alpha value is -2.08. The van der Waals surface area contributed by atoms with E-state index in [0.717, 1.165) is 48.1 Å². The third-order valence-electron chi connectivity index (χ3n) is 7.46. The van der Waals surface area contributed by atoms with Gasteiger partial charge in [-0.25, -0.2) is 4.98 Å². The number of rotatable bonds is 6. The Bertz CT molecular complexity index is 1090. The van der Waals surface area contributed by atoms with Crippen molar-refractivity contribution in [1.82, 2.24) is 19.2 Å². The number of pyridine rings is 1. The summed E-state index contributed by atoms with van der Waals surface area (Å²) in [7, 11) is 1.67. The molecule has 0 N–H and O–H groups in total. The standard InChI is InChI=1S/C27H35ClN4O/c1-20-16-26(33-2)24(28)18-23(20)25-19-32-13-8-22(17-27(32)29-25)21-6-11-31(12-7-21)15-14-30-9-4-3-5-10-30/h6,8,13,16-17,19,23H,3-5,7,9-12,14-15,18H2,1-2H3. The molecule has 0 radical (unpaired) electrons. The monoisotopic (exact) mass is 466 g/mol. The summed E-state index contributed by atoms with van der Waals surface area (Å²) in [6.07, 6.45) is 14.7. The lowest BCUT2D eigenvalue weighted by Gasteiger charge is -2.31. The lowest BCUT2D eigenvalue weighted by atomic mass is 9.89. The van der Waals surface area contributed by atoms with Crippen LogP contribution in [0.25, 0.3) is 11.2 Å². The third-order valence-corrected chi connectivity index (χ3v) is 7.80. The first kappa shape index (κ1) is 22.7. The Morgan fingerprint density at radius 3 is 2.70 bits per heavy atom. The number of methoxy groups -OCH3 is 1. The summed E-state index contributed by atoms with van der Waals surface area (Å²) in [4.78, 5) is 10.2. The molecule has 0 amide bonds. The highest BCUT2D eigenvalue weighted by Crippen LogP contribution is 2.38. The lowest BCUT2D eigenvalue weighted by molar-refractivity contribution is 0.188. The maximum absolute atomic E-state index is 6.46. The molecule has 1 atom stereocenters. The van der Waals surface area contributed by atoms with Gasteiger partial charge in [0.1, 0.15) is 11.4 Å². The molecule has 0 spiro atoms. The predicted molar refractivity (Wildman–Crippen MR) is 136 cm³/mol. The van der Waals surface area contributed by atoms with Gasteiger partial charge in [-0.05, 0) is 75.0 Å². The summed E-state index contributed by atoms with van der Waals surface area (Å²) in [6, 6.07) is 4.46. The molecule has 4 heterocycles. The number of likely N-dealkylation sites (tertiary alicyclic amines) is 1. The second-order valence-corrected chi connectivity index (χ2v) is 10.1. The van der Waals surface area contributed by atoms with Crippen LogP contribution in [0.5, 0.6) is 0 Å². The molecule has 1 fully saturated rings. The first-order valence-electron chi connectivity index (χ1n) is 12.3. The highest BCUT2D eigenvalue weighted by Gasteiger charge is 2.24. The minimum Gasteiger partial charge on any atom is -0.496 e. The number of imidazole rings is 1. The van der Waals surface area contributed by atoms with Crippen molar-refractivity contribution in [2.45, 2.75) is 44.9 Å². The maximum atomic E-state index is 6.46. The molecule has 1 saturated heterocycles. The van der Waals surface area contributed by atoms with Gasteiger partial charge in [0.2, 0.25) is 0 Å². The average Bonchev–Trinajstić information content (AvgIpc) is 3.28. The van der Waals surface area contributed by atoms with Crippen molar-refractivity contribution < 1.29 is 4.74 Å². The minimum absolute atomic E-state index is 0.196. The van der Waals surface area contributed by atoms with Crippen molar-refractivity contribution in [3.8, 4) is 0 Å². The topological polar surface area (TPSA) is 33.0 Å². The Kier molecular flexibility index (Phi) is 6.91. The van der Waals surface area contributed by atoms with Gasteiger partial charge < -0.3 is 14.0 Å². The maximum Gasteiger partial charge on any atom is 0.137 e. The van der Waals surface area contributed by atoms with Crippen LogP contribution >= 0.6 is 11.6 Å². The Morgan fingerprint density at radius 2 is 1.94 bits per heavy atom. The second-order valence-electron chi connectivity index (χ2n) is 9.65. The van der Waals surface area contributed by atoms with Gasteiger partial charge in [-0.1, -0.05) is 29.7 Å². The van der Waals surface area contributed by atoms with Crippen LogP contribution in [0.2, 0.25) is 0 Å². The Labute approximate surface area is 202 Å². The number of hydrogen-bond acceptors (Lipinski definition) is 4. The smallest absolute Gasteiger partial charge is 0.137 e. The zero-order chi connectivity index (χ0) is 22.8. The molecule has 2 aliphatic heterocycles. The van der Waals surface area contributed by atoms with Crippen molar-refractivity contribution in [2.75, 3.05) is 46.4 Å². The zero-order valence-electron chi connectivity index (χ0n) is 19.9. The van der Waals surface area contributed by atoms with E-state index in [1.165, 1.54) is 62.2 Å². The number of piperidine rings is 1. The number of aromatic nitrogens is 2. The van der Waals surface area contributed by atoms with Crippen molar-refractivity contribution >= 4 is 22.8 Å². The van der Waals surface area contributed by atoms with E-state index in [1.54, 1.807) is 7.11 Å². The van der Waals surface area contributed by atoms with Crippen LogP contribution in [0.1, 0.15) is 56.2 Å². The van der Waals surface area contributed by atoms with Gasteiger partial charge >= 0.3 is 0 Å². The largest absolute Gasteiger partial charge is 0.496 e. The summed E-state index contributed by atoms with van der Waals surface area (Å²) in [5.74, 6) is 0.966. The summed E-state index contributed by atoms with van der Waals surface area (Å²) < 4.78 is 7.52. The summed E-state index contributed by atoms with van der Waals surface area (Å²) in [6.45, 7) is 9.29. The molecule has 0 aromatic carbocycles. The molecule has 33 heavy (non-hydrogen) atoms. The third kappa shape index (κ3) is 5.06. The number of hydrogen-bond donors (Lipinski definition) is 0. The van der Waals surface area contributed by atoms with Crippen LogP contribution in [0, 0.1) is 0 Å². The van der Waals surface area contributed by atoms with Gasteiger partial charge in [-0.15, -0.1) is 0 Å². The van der Waals surface area contributed by atoms with Gasteiger partial charge in [0.15, 0.2) is 0 Å². The summed E-state index contributed by atoms with van der Waals surface area (Å²) in [5.41, 5.74) is 6.04. The van der Waals surface area contributed by atoms with Crippen LogP contribution < -0.4 is 0 Å². The van der Waals surface area contributed by atoms with E-state index in [4.69, 9.17) is 21.3 Å². The van der Waals surface area contributed by atoms with Crippen LogP contribution in [-0.4, -0.2) is 65.6 Å². The van der Waals surface area contributed by atoms with Crippen molar-refractivity contribution in [2.24, 2.45) is 0 Å². The number of nitrogens with zero attached hydrogens (tertiary/aromatic N) is 4. The number of allylic oxidation sites excluding steroid dienone is 3. The Morgan fingerprint density at radius 1 is 1.12 bits per heavy atom. The quantitative estimate of drug-likeness (QED) is 0.567. The number of halogens is 1. The van der Waals surface area contributed by atoms with Crippen LogP contribution in [0.3, 0.4) is 0 Å². The van der Waals surface area contributed by atoms with Gasteiger partial charge in [0.05, 0.1) is 17.8 Å². The predicted octanol–water partition coefficient (Wildman–Crippen LogP) is 5.44. The fourth-order valence-electron chi connectivity index (χ4n) is 5.35. The second kappa shape index (κ2) is 10.0. The highest BCUT2D eigenvalue weighted by molar-refractivity contribution is 6.30. The summed E-state index contributed by atoms with van der Waals surface area (Å²) in [5, 5.41) is 0.767. The SMILES string of the molecule is COC1=C(Cl)CC(c2cn3ccc(C4=CCN(CCN5CCCCC5)CC4)cc3n2)C(C)=C1. The normalized spacial score (nSPS) is 23.1. The molecular formula is C27H35ClN4O. The molecule has 2 aromatic heterocycles. The highest BCUT2D eigenvalue weighted by atomic mass is 35.5. The molecule has 3 aliphatic rings. The molecule has 176 valence electrons. The van der Waals surface area contributed by atoms with Crippen LogP contribution in [0.4, 0.5) is 0 Å². The molecular weight excluding hydrogens is 432 g/mol. The fourth-order valence-corrected chi connectivity index (χ4v) is 5.63. The van der Waals surface area contributed by atoms with Crippen molar-refractivity contribution in [3.05, 3.63) is 64.3 Å². The average molecular weight is 467 g/mol. The van der Waals surface area contributed by atoms with Gasteiger partial charge in [0.25, 0.3) is 0 Å². The molecule has 6 heteroatoms. The Balaban J connectivity index is 1.25. The van der Waals surface area contributed by atoms with Crippen molar-refractivity contribution in [1.29, 1.82) is 0 Å².